The van der Waals surface area contributed by atoms with Crippen molar-refractivity contribution in [3.8, 4) is 33.3 Å². The molecule has 1 aliphatic rings. The standard InChI is InChI=1S/C33H30BrFN6O3S/c1-18-14-22(40-32(42)19(2)17-41-10-12-43-13-11-41)5-6-23(18)29-27(28-30(45-29)24(34)16-38-31(28)36)21-4-7-26(25(35)15-21)44-33-37-9-8-20(3)39-33/h4-9,14-16H,2,10-13,17H2,1,3H3,(H2,36,38)(H,40,42). The number of nitrogens with one attached hydrogen (secondary N) is 1. The average molecular weight is 690 g/mol. The maximum absolute atomic E-state index is 15.5. The Kier molecular flexibility index (Phi) is 8.90. The van der Waals surface area contributed by atoms with E-state index >= 15 is 4.39 Å². The highest BCUT2D eigenvalue weighted by Gasteiger charge is 2.23. The summed E-state index contributed by atoms with van der Waals surface area (Å²) in [5.74, 6) is -0.464. The Morgan fingerprint density at radius 2 is 1.98 bits per heavy atom. The largest absolute Gasteiger partial charge is 0.421 e. The molecular weight excluding hydrogens is 659 g/mol. The minimum atomic E-state index is -0.573. The van der Waals surface area contributed by atoms with Gasteiger partial charge in [0.2, 0.25) is 0 Å². The Morgan fingerprint density at radius 3 is 2.71 bits per heavy atom. The zero-order chi connectivity index (χ0) is 31.7. The molecule has 0 aliphatic carbocycles. The highest BCUT2D eigenvalue weighted by molar-refractivity contribution is 9.10. The molecule has 3 aromatic heterocycles. The van der Waals surface area contributed by atoms with Crippen molar-refractivity contribution in [3.63, 3.8) is 0 Å². The molecule has 0 radical (unpaired) electrons. The van der Waals surface area contributed by atoms with Crippen molar-refractivity contribution in [2.75, 3.05) is 43.9 Å². The number of aryl methyl sites for hydroxylation is 2. The van der Waals surface area contributed by atoms with Crippen molar-refractivity contribution in [3.05, 3.63) is 88.6 Å². The van der Waals surface area contributed by atoms with Crippen LogP contribution in [0.5, 0.6) is 11.8 Å². The summed E-state index contributed by atoms with van der Waals surface area (Å²) in [6, 6.07) is 12.3. The quantitative estimate of drug-likeness (QED) is 0.165. The van der Waals surface area contributed by atoms with Gasteiger partial charge in [-0.15, -0.1) is 11.3 Å². The van der Waals surface area contributed by atoms with E-state index in [9.17, 15) is 4.79 Å². The van der Waals surface area contributed by atoms with Gasteiger partial charge in [0.15, 0.2) is 11.6 Å². The van der Waals surface area contributed by atoms with Crippen LogP contribution in [0, 0.1) is 19.7 Å². The lowest BCUT2D eigenvalue weighted by molar-refractivity contribution is -0.113. The fourth-order valence-electron chi connectivity index (χ4n) is 5.19. The van der Waals surface area contributed by atoms with Crippen molar-refractivity contribution in [2.45, 2.75) is 13.8 Å². The number of morpholine rings is 1. The summed E-state index contributed by atoms with van der Waals surface area (Å²) in [7, 11) is 0. The third-order valence-electron chi connectivity index (χ3n) is 7.46. The van der Waals surface area contributed by atoms with Gasteiger partial charge in [-0.05, 0) is 76.8 Å². The third-order valence-corrected chi connectivity index (χ3v) is 9.58. The van der Waals surface area contributed by atoms with Crippen LogP contribution >= 0.6 is 27.3 Å². The Morgan fingerprint density at radius 1 is 1.18 bits per heavy atom. The summed E-state index contributed by atoms with van der Waals surface area (Å²) in [4.78, 5) is 28.6. The smallest absolute Gasteiger partial charge is 0.322 e. The summed E-state index contributed by atoms with van der Waals surface area (Å²) in [5.41, 5.74) is 11.5. The number of carbonyl (C=O) groups is 1. The Bertz CT molecular complexity index is 1940. The van der Waals surface area contributed by atoms with E-state index in [0.29, 0.717) is 48.1 Å². The third kappa shape index (κ3) is 6.59. The Balaban J connectivity index is 1.33. The van der Waals surface area contributed by atoms with Gasteiger partial charge < -0.3 is 20.5 Å². The number of carbonyl (C=O) groups excluding carboxylic acids is 1. The number of rotatable bonds is 8. The van der Waals surface area contributed by atoms with Gasteiger partial charge in [-0.25, -0.2) is 19.3 Å². The van der Waals surface area contributed by atoms with Crippen LogP contribution in [0.4, 0.5) is 15.9 Å². The minimum Gasteiger partial charge on any atom is -0.421 e. The van der Waals surface area contributed by atoms with Gasteiger partial charge in [0.05, 0.1) is 22.4 Å². The van der Waals surface area contributed by atoms with Crippen LogP contribution in [0.15, 0.2) is 71.5 Å². The van der Waals surface area contributed by atoms with Gasteiger partial charge in [-0.2, -0.15) is 0 Å². The van der Waals surface area contributed by atoms with Crippen LogP contribution in [0.1, 0.15) is 11.3 Å². The van der Waals surface area contributed by atoms with Crippen LogP contribution < -0.4 is 15.8 Å². The molecule has 0 saturated carbocycles. The van der Waals surface area contributed by atoms with E-state index in [1.165, 1.54) is 17.4 Å². The number of ether oxygens (including phenoxy) is 2. The first-order valence-electron chi connectivity index (χ1n) is 14.2. The second-order valence-corrected chi connectivity index (χ2v) is 12.6. The van der Waals surface area contributed by atoms with Crippen molar-refractivity contribution in [2.24, 2.45) is 0 Å². The summed E-state index contributed by atoms with van der Waals surface area (Å²) in [5, 5.41) is 3.69. The van der Waals surface area contributed by atoms with Crippen molar-refractivity contribution in [1.82, 2.24) is 19.9 Å². The lowest BCUT2D eigenvalue weighted by Crippen LogP contribution is -2.38. The number of nitrogen functional groups attached to an aromatic ring is 1. The monoisotopic (exact) mass is 688 g/mol. The van der Waals surface area contributed by atoms with Crippen LogP contribution in [0.25, 0.3) is 31.7 Å². The molecule has 45 heavy (non-hydrogen) atoms. The molecule has 1 amide bonds. The number of benzene rings is 2. The van der Waals surface area contributed by atoms with E-state index in [1.54, 1.807) is 37.5 Å². The predicted octanol–water partition coefficient (Wildman–Crippen LogP) is 7.14. The number of anilines is 2. The average Bonchev–Trinajstić information content (AvgIpc) is 3.42. The number of aromatic nitrogens is 3. The number of amides is 1. The summed E-state index contributed by atoms with van der Waals surface area (Å²) >= 11 is 5.14. The van der Waals surface area contributed by atoms with E-state index in [2.05, 4.69) is 47.7 Å². The van der Waals surface area contributed by atoms with Crippen molar-refractivity contribution < 1.29 is 18.7 Å². The second kappa shape index (κ2) is 13.0. The van der Waals surface area contributed by atoms with E-state index in [1.807, 2.05) is 25.1 Å². The highest BCUT2D eigenvalue weighted by Crippen LogP contribution is 2.49. The van der Waals surface area contributed by atoms with E-state index in [0.717, 1.165) is 49.2 Å². The fourth-order valence-corrected chi connectivity index (χ4v) is 7.05. The first-order chi connectivity index (χ1) is 21.7. The van der Waals surface area contributed by atoms with Gasteiger partial charge in [-0.3, -0.25) is 9.69 Å². The first-order valence-corrected chi connectivity index (χ1v) is 15.8. The summed E-state index contributed by atoms with van der Waals surface area (Å²) in [6.07, 6.45) is 3.22. The molecule has 4 heterocycles. The highest BCUT2D eigenvalue weighted by atomic mass is 79.9. The van der Waals surface area contributed by atoms with Gasteiger partial charge >= 0.3 is 6.01 Å². The molecule has 5 aromatic rings. The lowest BCUT2D eigenvalue weighted by Gasteiger charge is -2.26. The molecule has 9 nitrogen and oxygen atoms in total. The number of fused-ring (bicyclic) bond motifs is 1. The zero-order valence-electron chi connectivity index (χ0n) is 24.7. The molecule has 6 rings (SSSR count). The van der Waals surface area contributed by atoms with Gasteiger partial charge in [-0.1, -0.05) is 18.7 Å². The Hall–Kier alpha value is -4.23. The molecule has 2 aromatic carbocycles. The fraction of sp³-hybridized carbons (Fsp3) is 0.212. The number of thiophene rings is 1. The SMILES string of the molecule is C=C(CN1CCOCC1)C(=O)Nc1ccc(-c2sc3c(Br)cnc(N)c3c2-c2ccc(Oc3nccc(C)n3)c(F)c2)c(C)c1. The number of hydrogen-bond donors (Lipinski definition) is 2. The zero-order valence-corrected chi connectivity index (χ0v) is 27.1. The molecule has 1 saturated heterocycles. The molecule has 0 unspecified atom stereocenters. The molecule has 0 bridgehead atoms. The predicted molar refractivity (Wildman–Crippen MR) is 179 cm³/mol. The van der Waals surface area contributed by atoms with E-state index in [-0.39, 0.29) is 17.7 Å². The molecule has 230 valence electrons. The van der Waals surface area contributed by atoms with E-state index in [4.69, 9.17) is 15.2 Å². The molecule has 3 N–H and O–H groups in total. The van der Waals surface area contributed by atoms with E-state index < -0.39 is 5.82 Å². The number of pyridine rings is 1. The maximum Gasteiger partial charge on any atom is 0.322 e. The summed E-state index contributed by atoms with van der Waals surface area (Å²) in [6.45, 7) is 11.1. The minimum absolute atomic E-state index is 0.00388. The van der Waals surface area contributed by atoms with Crippen LogP contribution in [0.3, 0.4) is 0 Å². The van der Waals surface area contributed by atoms with Crippen LogP contribution in [-0.4, -0.2) is 58.6 Å². The lowest BCUT2D eigenvalue weighted by atomic mass is 9.96. The topological polar surface area (TPSA) is 115 Å². The molecule has 1 fully saturated rings. The molecular formula is C33H30BrFN6O3S. The van der Waals surface area contributed by atoms with Gasteiger partial charge in [0, 0.05) is 64.8 Å². The van der Waals surface area contributed by atoms with Gasteiger partial charge in [0.25, 0.3) is 5.91 Å². The number of hydrogen-bond acceptors (Lipinski definition) is 9. The maximum atomic E-state index is 15.5. The Labute approximate surface area is 272 Å². The first kappa shape index (κ1) is 30.8. The molecule has 12 heteroatoms. The van der Waals surface area contributed by atoms with Crippen LogP contribution in [-0.2, 0) is 9.53 Å². The van der Waals surface area contributed by atoms with Crippen molar-refractivity contribution in [1.29, 1.82) is 0 Å². The molecule has 1 aliphatic heterocycles. The van der Waals surface area contributed by atoms with Gasteiger partial charge in [0.1, 0.15) is 5.82 Å². The second-order valence-electron chi connectivity index (χ2n) is 10.7. The molecule has 0 atom stereocenters. The van der Waals surface area contributed by atoms with Crippen molar-refractivity contribution >= 4 is 54.8 Å². The number of nitrogens with two attached hydrogens (primary N) is 1. The number of halogens is 2. The number of nitrogens with zero attached hydrogens (tertiary/aromatic N) is 4. The molecule has 0 spiro atoms. The normalized spacial score (nSPS) is 13.6. The summed E-state index contributed by atoms with van der Waals surface area (Å²) < 4.78 is 28.2. The van der Waals surface area contributed by atoms with Crippen LogP contribution in [0.2, 0.25) is 0 Å².